The van der Waals surface area contributed by atoms with E-state index in [9.17, 15) is 5.11 Å². The van der Waals surface area contributed by atoms with Crippen LogP contribution in [0.4, 0.5) is 0 Å². The first-order chi connectivity index (χ1) is 7.29. The van der Waals surface area contributed by atoms with Gasteiger partial charge in [-0.05, 0) is 37.5 Å². The van der Waals surface area contributed by atoms with Crippen LogP contribution in [-0.2, 0) is 0 Å². The Morgan fingerprint density at radius 3 is 2.93 bits per heavy atom. The molecule has 15 heavy (non-hydrogen) atoms. The Morgan fingerprint density at radius 1 is 1.40 bits per heavy atom. The van der Waals surface area contributed by atoms with Crippen molar-refractivity contribution in [1.82, 2.24) is 0 Å². The van der Waals surface area contributed by atoms with E-state index in [0.29, 0.717) is 5.25 Å². The lowest BCUT2D eigenvalue weighted by Gasteiger charge is -2.14. The molecule has 1 aliphatic carbocycles. The zero-order valence-corrected chi connectivity index (χ0v) is 9.67. The summed E-state index contributed by atoms with van der Waals surface area (Å²) in [6.45, 7) is 0. The fraction of sp³-hybridized carbons (Fsp3) is 0.500. The number of hydrogen-bond donors (Lipinski definition) is 1. The molecule has 1 aromatic rings. The topological polar surface area (TPSA) is 29.5 Å². The van der Waals surface area contributed by atoms with Gasteiger partial charge >= 0.3 is 0 Å². The molecule has 2 nitrogen and oxygen atoms in total. The molecule has 0 aromatic heterocycles. The van der Waals surface area contributed by atoms with Crippen molar-refractivity contribution in [2.75, 3.05) is 7.11 Å². The van der Waals surface area contributed by atoms with Crippen molar-refractivity contribution in [2.45, 2.75) is 35.5 Å². The lowest BCUT2D eigenvalue weighted by Crippen LogP contribution is -2.14. The van der Waals surface area contributed by atoms with Crippen LogP contribution in [0.15, 0.2) is 29.2 Å². The molecule has 0 spiro atoms. The lowest BCUT2D eigenvalue weighted by molar-refractivity contribution is 0.188. The average Bonchev–Trinajstić information content (AvgIpc) is 2.65. The predicted octanol–water partition coefficient (Wildman–Crippen LogP) is 2.70. The van der Waals surface area contributed by atoms with Gasteiger partial charge in [-0.25, -0.2) is 0 Å². The largest absolute Gasteiger partial charge is 0.497 e. The molecule has 1 fully saturated rings. The molecule has 1 saturated carbocycles. The quantitative estimate of drug-likeness (QED) is 0.856. The predicted molar refractivity (Wildman–Crippen MR) is 62.5 cm³/mol. The van der Waals surface area contributed by atoms with E-state index in [-0.39, 0.29) is 6.10 Å². The molecule has 2 atom stereocenters. The highest BCUT2D eigenvalue weighted by atomic mass is 32.2. The van der Waals surface area contributed by atoms with Crippen LogP contribution in [0.5, 0.6) is 5.75 Å². The average molecular weight is 224 g/mol. The molecule has 2 unspecified atom stereocenters. The molecule has 0 heterocycles. The van der Waals surface area contributed by atoms with Gasteiger partial charge in [0.05, 0.1) is 13.2 Å². The summed E-state index contributed by atoms with van der Waals surface area (Å²) < 4.78 is 5.17. The van der Waals surface area contributed by atoms with Crippen molar-refractivity contribution in [1.29, 1.82) is 0 Å². The number of methoxy groups -OCH3 is 1. The summed E-state index contributed by atoms with van der Waals surface area (Å²) in [5.74, 6) is 0.882. The Balaban J connectivity index is 2.03. The van der Waals surface area contributed by atoms with Crippen molar-refractivity contribution in [3.8, 4) is 5.75 Å². The first-order valence-corrected chi connectivity index (χ1v) is 6.16. The van der Waals surface area contributed by atoms with Crippen LogP contribution >= 0.6 is 11.8 Å². The summed E-state index contributed by atoms with van der Waals surface area (Å²) in [5.41, 5.74) is 0. The zero-order valence-electron chi connectivity index (χ0n) is 8.85. The van der Waals surface area contributed by atoms with Gasteiger partial charge in [-0.15, -0.1) is 11.8 Å². The minimum absolute atomic E-state index is 0.138. The first-order valence-electron chi connectivity index (χ1n) is 5.28. The van der Waals surface area contributed by atoms with E-state index in [1.807, 2.05) is 18.2 Å². The fourth-order valence-electron chi connectivity index (χ4n) is 1.89. The summed E-state index contributed by atoms with van der Waals surface area (Å²) >= 11 is 1.76. The van der Waals surface area contributed by atoms with Crippen LogP contribution in [0.1, 0.15) is 19.3 Å². The summed E-state index contributed by atoms with van der Waals surface area (Å²) in [6, 6.07) is 8.02. The summed E-state index contributed by atoms with van der Waals surface area (Å²) in [6.07, 6.45) is 3.06. The maximum Gasteiger partial charge on any atom is 0.119 e. The number of aliphatic hydroxyl groups excluding tert-OH is 1. The van der Waals surface area contributed by atoms with Crippen LogP contribution in [0, 0.1) is 0 Å². The van der Waals surface area contributed by atoms with Gasteiger partial charge in [-0.1, -0.05) is 6.07 Å². The third kappa shape index (κ3) is 2.67. The van der Waals surface area contributed by atoms with E-state index < -0.39 is 0 Å². The number of ether oxygens (including phenoxy) is 1. The molecule has 0 amide bonds. The maximum atomic E-state index is 9.72. The van der Waals surface area contributed by atoms with Gasteiger partial charge in [0.15, 0.2) is 0 Å². The molecule has 1 aliphatic rings. The van der Waals surface area contributed by atoms with Gasteiger partial charge in [-0.2, -0.15) is 0 Å². The second-order valence-electron chi connectivity index (χ2n) is 3.83. The Morgan fingerprint density at radius 2 is 2.27 bits per heavy atom. The lowest BCUT2D eigenvalue weighted by atomic mass is 10.3. The van der Waals surface area contributed by atoms with Gasteiger partial charge in [0.1, 0.15) is 5.75 Å². The van der Waals surface area contributed by atoms with E-state index in [1.54, 1.807) is 18.9 Å². The molecule has 0 aliphatic heterocycles. The van der Waals surface area contributed by atoms with Gasteiger partial charge in [-0.3, -0.25) is 0 Å². The van der Waals surface area contributed by atoms with Crippen molar-refractivity contribution in [3.05, 3.63) is 24.3 Å². The second kappa shape index (κ2) is 4.90. The molecule has 3 heteroatoms. The van der Waals surface area contributed by atoms with Crippen LogP contribution in [0.3, 0.4) is 0 Å². The third-order valence-corrected chi connectivity index (χ3v) is 4.13. The normalized spacial score (nSPS) is 25.5. The van der Waals surface area contributed by atoms with E-state index in [4.69, 9.17) is 4.74 Å². The molecule has 0 saturated heterocycles. The number of benzene rings is 1. The second-order valence-corrected chi connectivity index (χ2v) is 5.15. The monoisotopic (exact) mass is 224 g/mol. The SMILES string of the molecule is COc1cccc(SC2CCCC2O)c1. The molecular weight excluding hydrogens is 208 g/mol. The highest BCUT2D eigenvalue weighted by Crippen LogP contribution is 2.35. The molecule has 0 radical (unpaired) electrons. The third-order valence-electron chi connectivity index (χ3n) is 2.75. The Labute approximate surface area is 94.6 Å². The van der Waals surface area contributed by atoms with Crippen LogP contribution in [0.25, 0.3) is 0 Å². The van der Waals surface area contributed by atoms with Crippen LogP contribution < -0.4 is 4.74 Å². The van der Waals surface area contributed by atoms with E-state index in [0.717, 1.165) is 25.0 Å². The fourth-order valence-corrected chi connectivity index (χ4v) is 3.16. The van der Waals surface area contributed by atoms with E-state index >= 15 is 0 Å². The molecule has 1 N–H and O–H groups in total. The maximum absolute atomic E-state index is 9.72. The summed E-state index contributed by atoms with van der Waals surface area (Å²) in [4.78, 5) is 1.18. The molecular formula is C12H16O2S. The minimum atomic E-state index is -0.138. The standard InChI is InChI=1S/C12H16O2S/c1-14-9-4-2-5-10(8-9)15-12-7-3-6-11(12)13/h2,4-5,8,11-13H,3,6-7H2,1H3. The van der Waals surface area contributed by atoms with Gasteiger partial charge in [0.2, 0.25) is 0 Å². The van der Waals surface area contributed by atoms with Crippen molar-refractivity contribution in [3.63, 3.8) is 0 Å². The van der Waals surface area contributed by atoms with Gasteiger partial charge in [0.25, 0.3) is 0 Å². The minimum Gasteiger partial charge on any atom is -0.497 e. The van der Waals surface area contributed by atoms with Gasteiger partial charge < -0.3 is 9.84 Å². The Bertz CT molecular complexity index is 327. The number of hydrogen-bond acceptors (Lipinski definition) is 3. The van der Waals surface area contributed by atoms with Crippen LogP contribution in [0.2, 0.25) is 0 Å². The highest BCUT2D eigenvalue weighted by Gasteiger charge is 2.25. The van der Waals surface area contributed by atoms with Crippen LogP contribution in [-0.4, -0.2) is 23.6 Å². The highest BCUT2D eigenvalue weighted by molar-refractivity contribution is 8.00. The molecule has 2 rings (SSSR count). The molecule has 82 valence electrons. The van der Waals surface area contributed by atoms with E-state index in [1.165, 1.54) is 4.90 Å². The van der Waals surface area contributed by atoms with Gasteiger partial charge in [0, 0.05) is 10.1 Å². The Kier molecular flexibility index (Phi) is 3.54. The first kappa shape index (κ1) is 10.8. The zero-order chi connectivity index (χ0) is 10.7. The summed E-state index contributed by atoms with van der Waals surface area (Å²) in [5, 5.41) is 10.1. The van der Waals surface area contributed by atoms with Crippen molar-refractivity contribution in [2.24, 2.45) is 0 Å². The van der Waals surface area contributed by atoms with E-state index in [2.05, 4.69) is 6.07 Å². The Hall–Kier alpha value is -0.670. The smallest absolute Gasteiger partial charge is 0.119 e. The molecule has 0 bridgehead atoms. The summed E-state index contributed by atoms with van der Waals surface area (Å²) in [7, 11) is 1.67. The number of rotatable bonds is 3. The number of aliphatic hydroxyl groups is 1. The van der Waals surface area contributed by atoms with Crippen molar-refractivity contribution < 1.29 is 9.84 Å². The number of thioether (sulfide) groups is 1. The van der Waals surface area contributed by atoms with Crippen molar-refractivity contribution >= 4 is 11.8 Å². The molecule has 1 aromatic carbocycles.